The van der Waals surface area contributed by atoms with E-state index in [1.807, 2.05) is 31.2 Å². The molecule has 0 aliphatic rings. The average molecular weight is 346 g/mol. The first-order chi connectivity index (χ1) is 7.27. The van der Waals surface area contributed by atoms with Gasteiger partial charge in [0.15, 0.2) is 3.79 Å². The van der Waals surface area contributed by atoms with Crippen molar-refractivity contribution in [2.24, 2.45) is 0 Å². The number of halogens is 4. The highest BCUT2D eigenvalue weighted by molar-refractivity contribution is 9.09. The molecule has 0 heterocycles. The van der Waals surface area contributed by atoms with E-state index in [9.17, 15) is 5.11 Å². The maximum atomic E-state index is 10.4. The monoisotopic (exact) mass is 344 g/mol. The Bertz CT molecular complexity index is 347. The molecule has 0 spiro atoms. The Morgan fingerprint density at radius 2 is 1.69 bits per heavy atom. The SMILES string of the molecule is Cc1ccc([C@@](O)(CBr)CC(Cl)(Cl)Cl)cc1. The van der Waals surface area contributed by atoms with Crippen LogP contribution in [0.5, 0.6) is 0 Å². The number of aliphatic hydroxyl groups is 1. The lowest BCUT2D eigenvalue weighted by Crippen LogP contribution is -2.32. The van der Waals surface area contributed by atoms with Crippen LogP contribution in [-0.4, -0.2) is 14.2 Å². The third-order valence-electron chi connectivity index (χ3n) is 2.30. The third-order valence-corrected chi connectivity index (χ3v) is 3.63. The second-order valence-electron chi connectivity index (χ2n) is 3.82. The van der Waals surface area contributed by atoms with E-state index < -0.39 is 9.39 Å². The van der Waals surface area contributed by atoms with Crippen molar-refractivity contribution in [3.63, 3.8) is 0 Å². The second-order valence-corrected chi connectivity index (χ2v) is 6.90. The second kappa shape index (κ2) is 5.45. The first-order valence-electron chi connectivity index (χ1n) is 4.69. The maximum absolute atomic E-state index is 10.4. The van der Waals surface area contributed by atoms with Crippen LogP contribution in [0.25, 0.3) is 0 Å². The van der Waals surface area contributed by atoms with Crippen LogP contribution in [0.15, 0.2) is 24.3 Å². The molecular weight excluding hydrogens is 334 g/mol. The molecule has 0 bridgehead atoms. The molecule has 1 aromatic rings. The fourth-order valence-corrected chi connectivity index (χ4v) is 2.61. The molecule has 0 saturated heterocycles. The van der Waals surface area contributed by atoms with Crippen molar-refractivity contribution in [3.8, 4) is 0 Å². The van der Waals surface area contributed by atoms with Gasteiger partial charge >= 0.3 is 0 Å². The molecule has 0 radical (unpaired) electrons. The standard InChI is InChI=1S/C11H12BrCl3O/c1-8-2-4-9(5-3-8)10(16,7-12)6-11(13,14)15/h2-5,16H,6-7H2,1H3/t10-/m0/s1. The quantitative estimate of drug-likeness (QED) is 0.807. The number of alkyl halides is 4. The lowest BCUT2D eigenvalue weighted by Gasteiger charge is -2.29. The zero-order chi connectivity index (χ0) is 12.4. The van der Waals surface area contributed by atoms with E-state index in [1.54, 1.807) is 0 Å². The number of aryl methyl sites for hydroxylation is 1. The van der Waals surface area contributed by atoms with Crippen molar-refractivity contribution >= 4 is 50.7 Å². The first-order valence-corrected chi connectivity index (χ1v) is 6.95. The van der Waals surface area contributed by atoms with Crippen LogP contribution >= 0.6 is 50.7 Å². The molecule has 0 unspecified atom stereocenters. The van der Waals surface area contributed by atoms with Gasteiger partial charge < -0.3 is 5.11 Å². The highest BCUT2D eigenvalue weighted by Gasteiger charge is 2.37. The fraction of sp³-hybridized carbons (Fsp3) is 0.455. The maximum Gasteiger partial charge on any atom is 0.193 e. The van der Waals surface area contributed by atoms with E-state index in [-0.39, 0.29) is 6.42 Å². The van der Waals surface area contributed by atoms with Gasteiger partial charge in [0, 0.05) is 11.8 Å². The molecule has 1 aromatic carbocycles. The highest BCUT2D eigenvalue weighted by atomic mass is 79.9. The van der Waals surface area contributed by atoms with E-state index in [4.69, 9.17) is 34.8 Å². The molecule has 0 aliphatic heterocycles. The van der Waals surface area contributed by atoms with Crippen LogP contribution in [0, 0.1) is 6.92 Å². The van der Waals surface area contributed by atoms with E-state index in [0.29, 0.717) is 5.33 Å². The van der Waals surface area contributed by atoms with Crippen molar-refractivity contribution in [2.45, 2.75) is 22.7 Å². The number of rotatable bonds is 3. The summed E-state index contributed by atoms with van der Waals surface area (Å²) in [4.78, 5) is 0. The van der Waals surface area contributed by atoms with Gasteiger partial charge in [0.2, 0.25) is 0 Å². The average Bonchev–Trinajstić information content (AvgIpc) is 2.16. The molecule has 0 saturated carbocycles. The Labute approximate surface area is 119 Å². The van der Waals surface area contributed by atoms with E-state index >= 15 is 0 Å². The molecule has 0 aliphatic carbocycles. The van der Waals surface area contributed by atoms with Crippen LogP contribution in [0.4, 0.5) is 0 Å². The molecule has 1 nitrogen and oxygen atoms in total. The highest BCUT2D eigenvalue weighted by Crippen LogP contribution is 2.40. The van der Waals surface area contributed by atoms with Crippen molar-refractivity contribution in [3.05, 3.63) is 35.4 Å². The molecule has 1 N–H and O–H groups in total. The lowest BCUT2D eigenvalue weighted by molar-refractivity contribution is 0.0556. The predicted octanol–water partition coefficient (Wildman–Crippen LogP) is 4.34. The van der Waals surface area contributed by atoms with Crippen LogP contribution < -0.4 is 0 Å². The molecule has 90 valence electrons. The lowest BCUT2D eigenvalue weighted by atomic mass is 9.92. The largest absolute Gasteiger partial charge is 0.384 e. The minimum atomic E-state index is -1.48. The minimum Gasteiger partial charge on any atom is -0.384 e. The Morgan fingerprint density at radius 1 is 1.19 bits per heavy atom. The van der Waals surface area contributed by atoms with Crippen LogP contribution in [-0.2, 0) is 5.60 Å². The van der Waals surface area contributed by atoms with Gasteiger partial charge in [-0.05, 0) is 12.5 Å². The smallest absolute Gasteiger partial charge is 0.193 e. The Hall–Kier alpha value is 0.530. The summed E-state index contributed by atoms with van der Waals surface area (Å²) in [6.45, 7) is 1.98. The molecule has 16 heavy (non-hydrogen) atoms. The fourth-order valence-electron chi connectivity index (χ4n) is 1.42. The molecule has 1 atom stereocenters. The van der Waals surface area contributed by atoms with E-state index in [1.165, 1.54) is 0 Å². The van der Waals surface area contributed by atoms with Gasteiger partial charge in [-0.2, -0.15) is 0 Å². The Balaban J connectivity index is 3.00. The zero-order valence-electron chi connectivity index (χ0n) is 8.68. The van der Waals surface area contributed by atoms with Crippen molar-refractivity contribution < 1.29 is 5.11 Å². The normalized spacial score (nSPS) is 15.9. The molecule has 0 aromatic heterocycles. The summed E-state index contributed by atoms with van der Waals surface area (Å²) < 4.78 is -1.48. The number of benzene rings is 1. The van der Waals surface area contributed by atoms with Crippen molar-refractivity contribution in [2.75, 3.05) is 5.33 Å². The number of hydrogen-bond acceptors (Lipinski definition) is 1. The summed E-state index contributed by atoms with van der Waals surface area (Å²) in [5, 5.41) is 10.7. The summed E-state index contributed by atoms with van der Waals surface area (Å²) in [6, 6.07) is 7.52. The number of hydrogen-bond donors (Lipinski definition) is 1. The van der Waals surface area contributed by atoms with E-state index in [0.717, 1.165) is 11.1 Å². The summed E-state index contributed by atoms with van der Waals surface area (Å²) in [5.41, 5.74) is 0.690. The topological polar surface area (TPSA) is 20.2 Å². The van der Waals surface area contributed by atoms with Gasteiger partial charge in [-0.25, -0.2) is 0 Å². The van der Waals surface area contributed by atoms with Crippen LogP contribution in [0.3, 0.4) is 0 Å². The molecule has 0 amide bonds. The molecule has 1 rings (SSSR count). The minimum absolute atomic E-state index is 0.0407. The van der Waals surface area contributed by atoms with Gasteiger partial charge in [0.25, 0.3) is 0 Å². The van der Waals surface area contributed by atoms with Gasteiger partial charge in [-0.1, -0.05) is 80.6 Å². The van der Waals surface area contributed by atoms with Crippen LogP contribution in [0.2, 0.25) is 0 Å². The van der Waals surface area contributed by atoms with Crippen molar-refractivity contribution in [1.29, 1.82) is 0 Å². The summed E-state index contributed by atoms with van der Waals surface area (Å²) in [6.07, 6.45) is 0.0407. The van der Waals surface area contributed by atoms with Gasteiger partial charge in [-0.3, -0.25) is 0 Å². The van der Waals surface area contributed by atoms with Gasteiger partial charge in [0.05, 0.1) is 0 Å². The van der Waals surface area contributed by atoms with Crippen molar-refractivity contribution in [1.82, 2.24) is 0 Å². The first kappa shape index (κ1) is 14.6. The molecular formula is C11H12BrCl3O. The molecule has 5 heteroatoms. The summed E-state index contributed by atoms with van der Waals surface area (Å²) >= 11 is 20.4. The van der Waals surface area contributed by atoms with E-state index in [2.05, 4.69) is 15.9 Å². The zero-order valence-corrected chi connectivity index (χ0v) is 12.5. The van der Waals surface area contributed by atoms with Crippen LogP contribution in [0.1, 0.15) is 17.5 Å². The summed E-state index contributed by atoms with van der Waals surface area (Å²) in [7, 11) is 0. The summed E-state index contributed by atoms with van der Waals surface area (Å²) in [5.74, 6) is 0. The van der Waals surface area contributed by atoms with Gasteiger partial charge in [-0.15, -0.1) is 0 Å². The molecule has 0 fully saturated rings. The Morgan fingerprint density at radius 3 is 2.06 bits per heavy atom. The van der Waals surface area contributed by atoms with Gasteiger partial charge in [0.1, 0.15) is 5.60 Å². The Kier molecular flexibility index (Phi) is 4.97. The predicted molar refractivity (Wildman–Crippen MR) is 73.8 cm³/mol. The third kappa shape index (κ3) is 4.08.